The van der Waals surface area contributed by atoms with Crippen LogP contribution in [-0.4, -0.2) is 58.9 Å². The highest BCUT2D eigenvalue weighted by Crippen LogP contribution is 2.47. The lowest BCUT2D eigenvalue weighted by atomic mass is 9.85. The first kappa shape index (κ1) is 25.5. The molecule has 6 nitrogen and oxygen atoms in total. The lowest BCUT2D eigenvalue weighted by Gasteiger charge is -2.33. The minimum atomic E-state index is -4.71. The minimum Gasteiger partial charge on any atom is -0.274 e. The molecule has 0 spiro atoms. The molecule has 0 bridgehead atoms. The van der Waals surface area contributed by atoms with Gasteiger partial charge in [0.2, 0.25) is 0 Å². The van der Waals surface area contributed by atoms with E-state index >= 15 is 0 Å². The molecular formula is C20H9Cl3F6N2O4. The number of imide groups is 2. The van der Waals surface area contributed by atoms with Gasteiger partial charge < -0.3 is 0 Å². The van der Waals surface area contributed by atoms with E-state index in [2.05, 4.69) is 0 Å². The molecule has 2 aliphatic heterocycles. The fourth-order valence-electron chi connectivity index (χ4n) is 4.00. The van der Waals surface area contributed by atoms with Crippen LogP contribution in [0.3, 0.4) is 0 Å². The molecule has 0 N–H and O–H groups in total. The Balaban J connectivity index is 1.97. The van der Waals surface area contributed by atoms with Crippen molar-refractivity contribution in [3.05, 3.63) is 43.4 Å². The van der Waals surface area contributed by atoms with Crippen molar-refractivity contribution in [2.45, 2.75) is 25.2 Å². The summed E-state index contributed by atoms with van der Waals surface area (Å²) in [6.07, 6.45) is -12.5. The molecule has 0 atom stereocenters. The predicted octanol–water partition coefficient (Wildman–Crippen LogP) is 5.90. The van der Waals surface area contributed by atoms with Crippen LogP contribution in [0.2, 0.25) is 15.1 Å². The molecule has 2 heterocycles. The summed E-state index contributed by atoms with van der Waals surface area (Å²) in [5, 5.41) is -2.45. The van der Waals surface area contributed by atoms with E-state index in [0.717, 1.165) is 6.07 Å². The number of nitrogens with zero attached hydrogens (tertiary/aromatic N) is 2. The third kappa shape index (κ3) is 4.11. The van der Waals surface area contributed by atoms with Gasteiger partial charge in [0.05, 0.1) is 50.2 Å². The number of carbonyl (C=O) groups excluding carboxylic acids is 4. The molecule has 0 saturated carbocycles. The molecule has 0 aromatic heterocycles. The minimum absolute atomic E-state index is 0.267. The van der Waals surface area contributed by atoms with Gasteiger partial charge in [0.1, 0.15) is 0 Å². The van der Waals surface area contributed by atoms with Crippen LogP contribution in [0.4, 0.5) is 26.3 Å². The highest BCUT2D eigenvalue weighted by Gasteiger charge is 2.45. The van der Waals surface area contributed by atoms with Crippen LogP contribution in [0.1, 0.15) is 54.3 Å². The third-order valence-corrected chi connectivity index (χ3v) is 6.65. The first-order valence-corrected chi connectivity index (χ1v) is 10.7. The first-order valence-electron chi connectivity index (χ1n) is 9.58. The van der Waals surface area contributed by atoms with Gasteiger partial charge in [0.25, 0.3) is 23.6 Å². The van der Waals surface area contributed by atoms with Crippen molar-refractivity contribution in [3.8, 4) is 0 Å². The van der Waals surface area contributed by atoms with E-state index < -0.39 is 99.2 Å². The number of amides is 4. The molecule has 2 aliphatic rings. The van der Waals surface area contributed by atoms with Crippen molar-refractivity contribution in [2.24, 2.45) is 0 Å². The van der Waals surface area contributed by atoms with Gasteiger partial charge in [-0.25, -0.2) is 0 Å². The van der Waals surface area contributed by atoms with Crippen LogP contribution in [0.15, 0.2) is 6.07 Å². The van der Waals surface area contributed by atoms with Gasteiger partial charge in [-0.2, -0.15) is 26.3 Å². The van der Waals surface area contributed by atoms with Crippen molar-refractivity contribution < 1.29 is 45.5 Å². The van der Waals surface area contributed by atoms with E-state index in [1.165, 1.54) is 0 Å². The molecular weight excluding hydrogens is 553 g/mol. The quantitative estimate of drug-likeness (QED) is 0.344. The van der Waals surface area contributed by atoms with Crippen molar-refractivity contribution in [3.63, 3.8) is 0 Å². The Kier molecular flexibility index (Phi) is 6.01. The van der Waals surface area contributed by atoms with E-state index in [-0.39, 0.29) is 20.6 Å². The molecule has 15 heteroatoms. The summed E-state index contributed by atoms with van der Waals surface area (Å²) in [4.78, 5) is 52.5. The SMILES string of the molecule is O=C1c2cc(Cl)c3c4c(c(Cl)c(Cl)c(c24)C(=O)N1CCC(F)(F)F)C(=O)N(CCC(F)(F)F)C3=O. The summed E-state index contributed by atoms with van der Waals surface area (Å²) in [5.41, 5.74) is -2.00. The van der Waals surface area contributed by atoms with Gasteiger partial charge in [-0.05, 0) is 6.07 Å². The van der Waals surface area contributed by atoms with Crippen LogP contribution in [0, 0.1) is 0 Å². The van der Waals surface area contributed by atoms with Gasteiger partial charge in [0, 0.05) is 23.9 Å². The molecule has 0 fully saturated rings. The fraction of sp³-hybridized carbons (Fsp3) is 0.300. The molecule has 0 unspecified atom stereocenters. The Bertz CT molecular complexity index is 1360. The summed E-state index contributed by atoms with van der Waals surface area (Å²) in [6, 6.07) is 0.891. The van der Waals surface area contributed by atoms with Crippen LogP contribution in [0.25, 0.3) is 10.8 Å². The molecule has 35 heavy (non-hydrogen) atoms. The molecule has 186 valence electrons. The standard InChI is InChI=1S/C20H9Cl3F6N2O4/c21-7-5-6-8-10-9(7)16(33)31(4-2-20(27,28)29)18(35)12(10)14(23)13(22)11(8)17(34)30(15(6)32)3-1-19(24,25)26/h5H,1-4H2. The largest absolute Gasteiger partial charge is 0.390 e. The van der Waals surface area contributed by atoms with Crippen LogP contribution in [-0.2, 0) is 0 Å². The van der Waals surface area contributed by atoms with Crippen molar-refractivity contribution in [2.75, 3.05) is 13.1 Å². The second-order valence-electron chi connectivity index (χ2n) is 7.66. The second kappa shape index (κ2) is 8.24. The van der Waals surface area contributed by atoms with Gasteiger partial charge in [0.15, 0.2) is 0 Å². The maximum Gasteiger partial charge on any atom is 0.390 e. The maximum atomic E-state index is 13.0. The Morgan fingerprint density at radius 2 is 1.03 bits per heavy atom. The highest BCUT2D eigenvalue weighted by molar-refractivity contribution is 6.51. The van der Waals surface area contributed by atoms with Gasteiger partial charge in [-0.3, -0.25) is 29.0 Å². The number of alkyl halides is 6. The number of benzene rings is 2. The first-order chi connectivity index (χ1) is 16.0. The van der Waals surface area contributed by atoms with Crippen molar-refractivity contribution in [1.82, 2.24) is 9.80 Å². The molecule has 4 rings (SSSR count). The second-order valence-corrected chi connectivity index (χ2v) is 8.83. The van der Waals surface area contributed by atoms with Crippen molar-refractivity contribution in [1.29, 1.82) is 0 Å². The van der Waals surface area contributed by atoms with E-state index in [0.29, 0.717) is 0 Å². The van der Waals surface area contributed by atoms with E-state index in [1.807, 2.05) is 0 Å². The average molecular weight is 562 g/mol. The Labute approximate surface area is 206 Å². The fourth-order valence-corrected chi connectivity index (χ4v) is 4.82. The zero-order chi connectivity index (χ0) is 26.2. The number of halogens is 9. The molecule has 2 aromatic carbocycles. The molecule has 0 aliphatic carbocycles. The monoisotopic (exact) mass is 560 g/mol. The van der Waals surface area contributed by atoms with Gasteiger partial charge in [-0.1, -0.05) is 34.8 Å². The lowest BCUT2D eigenvalue weighted by Crippen LogP contribution is -2.45. The molecule has 2 aromatic rings. The molecule has 0 radical (unpaired) electrons. The maximum absolute atomic E-state index is 13.0. The van der Waals surface area contributed by atoms with Gasteiger partial charge >= 0.3 is 12.4 Å². The normalized spacial score (nSPS) is 16.1. The Morgan fingerprint density at radius 3 is 1.49 bits per heavy atom. The van der Waals surface area contributed by atoms with Gasteiger partial charge in [-0.15, -0.1) is 0 Å². The van der Waals surface area contributed by atoms with Crippen LogP contribution >= 0.6 is 34.8 Å². The number of carbonyl (C=O) groups is 4. The lowest BCUT2D eigenvalue weighted by molar-refractivity contribution is -0.136. The van der Waals surface area contributed by atoms with Crippen molar-refractivity contribution >= 4 is 69.2 Å². The van der Waals surface area contributed by atoms with E-state index in [9.17, 15) is 45.5 Å². The predicted molar refractivity (Wildman–Crippen MR) is 111 cm³/mol. The third-order valence-electron chi connectivity index (χ3n) is 5.50. The van der Waals surface area contributed by atoms with Crippen LogP contribution < -0.4 is 0 Å². The molecule has 0 saturated heterocycles. The van der Waals surface area contributed by atoms with E-state index in [4.69, 9.17) is 34.8 Å². The number of hydrogen-bond donors (Lipinski definition) is 0. The summed E-state index contributed by atoms with van der Waals surface area (Å²) in [7, 11) is 0. The summed E-state index contributed by atoms with van der Waals surface area (Å²) < 4.78 is 76.5. The van der Waals surface area contributed by atoms with Crippen LogP contribution in [0.5, 0.6) is 0 Å². The molecule has 4 amide bonds. The number of rotatable bonds is 4. The average Bonchev–Trinajstić information content (AvgIpc) is 2.71. The topological polar surface area (TPSA) is 74.8 Å². The highest BCUT2D eigenvalue weighted by atomic mass is 35.5. The Morgan fingerprint density at radius 1 is 0.629 bits per heavy atom. The zero-order valence-electron chi connectivity index (χ0n) is 16.8. The summed E-state index contributed by atoms with van der Waals surface area (Å²) in [6.45, 7) is -2.13. The summed E-state index contributed by atoms with van der Waals surface area (Å²) >= 11 is 18.6. The zero-order valence-corrected chi connectivity index (χ0v) is 19.1. The Hall–Kier alpha value is -2.57. The van der Waals surface area contributed by atoms with E-state index in [1.54, 1.807) is 0 Å². The smallest absolute Gasteiger partial charge is 0.274 e. The summed E-state index contributed by atoms with van der Waals surface area (Å²) in [5.74, 6) is -4.94. The number of hydrogen-bond acceptors (Lipinski definition) is 4.